The minimum absolute atomic E-state index is 0.0957. The summed E-state index contributed by atoms with van der Waals surface area (Å²) in [5.41, 5.74) is 2.12. The van der Waals surface area contributed by atoms with Crippen molar-refractivity contribution in [3.8, 4) is 5.75 Å². The van der Waals surface area contributed by atoms with Crippen LogP contribution in [0.15, 0.2) is 77.5 Å². The lowest BCUT2D eigenvalue weighted by atomic mass is 10.1. The number of imide groups is 1. The second kappa shape index (κ2) is 9.36. The van der Waals surface area contributed by atoms with E-state index in [1.165, 1.54) is 31.4 Å². The first kappa shape index (κ1) is 23.0. The molecule has 0 aromatic heterocycles. The van der Waals surface area contributed by atoms with Gasteiger partial charge in [0.15, 0.2) is 0 Å². The van der Waals surface area contributed by atoms with Crippen molar-refractivity contribution in [3.05, 3.63) is 94.4 Å². The molecular formula is C25H19ClFN3O4. The van der Waals surface area contributed by atoms with Gasteiger partial charge in [-0.1, -0.05) is 17.7 Å². The number of carbonyl (C=O) groups excluding carboxylic acids is 3. The van der Waals surface area contributed by atoms with E-state index in [-0.39, 0.29) is 16.3 Å². The Bertz CT molecular complexity index is 1320. The number of carbonyl (C=O) groups is 3. The lowest BCUT2D eigenvalue weighted by Crippen LogP contribution is -2.32. The molecule has 0 saturated carbocycles. The Morgan fingerprint density at radius 2 is 1.65 bits per heavy atom. The molecule has 0 unspecified atom stereocenters. The quantitative estimate of drug-likeness (QED) is 0.494. The third-order valence-corrected chi connectivity index (χ3v) is 5.57. The second-order valence-electron chi connectivity index (χ2n) is 7.45. The average Bonchev–Trinajstić information content (AvgIpc) is 3.05. The Hall–Kier alpha value is -4.17. The van der Waals surface area contributed by atoms with Crippen LogP contribution in [0.25, 0.3) is 0 Å². The van der Waals surface area contributed by atoms with Crippen LogP contribution in [0.3, 0.4) is 0 Å². The van der Waals surface area contributed by atoms with Crippen molar-refractivity contribution in [2.24, 2.45) is 0 Å². The molecule has 0 radical (unpaired) electrons. The van der Waals surface area contributed by atoms with E-state index in [1.54, 1.807) is 49.4 Å². The number of hydrogen-bond donors (Lipinski definition) is 2. The van der Waals surface area contributed by atoms with E-state index in [9.17, 15) is 18.8 Å². The zero-order chi connectivity index (χ0) is 24.4. The van der Waals surface area contributed by atoms with Crippen molar-refractivity contribution >= 4 is 46.4 Å². The summed E-state index contributed by atoms with van der Waals surface area (Å²) in [7, 11) is 1.51. The molecule has 0 atom stereocenters. The molecule has 0 aliphatic carbocycles. The van der Waals surface area contributed by atoms with Crippen LogP contribution in [-0.4, -0.2) is 24.8 Å². The summed E-state index contributed by atoms with van der Waals surface area (Å²) in [5, 5.41) is 5.32. The number of ether oxygens (including phenoxy) is 1. The normalized spacial score (nSPS) is 13.4. The summed E-state index contributed by atoms with van der Waals surface area (Å²) in [5.74, 6) is -1.55. The number of aryl methyl sites for hydroxylation is 1. The topological polar surface area (TPSA) is 87.7 Å². The van der Waals surface area contributed by atoms with Gasteiger partial charge in [0, 0.05) is 16.9 Å². The van der Waals surface area contributed by atoms with Crippen molar-refractivity contribution in [2.75, 3.05) is 22.6 Å². The van der Waals surface area contributed by atoms with E-state index in [0.717, 1.165) is 10.5 Å². The zero-order valence-corrected chi connectivity index (χ0v) is 18.9. The summed E-state index contributed by atoms with van der Waals surface area (Å²) < 4.78 is 18.2. The van der Waals surface area contributed by atoms with Crippen LogP contribution in [0.5, 0.6) is 5.75 Å². The molecule has 4 rings (SSSR count). The molecule has 34 heavy (non-hydrogen) atoms. The Balaban J connectivity index is 1.56. The molecule has 0 saturated heterocycles. The van der Waals surface area contributed by atoms with Crippen molar-refractivity contribution in [2.45, 2.75) is 6.92 Å². The van der Waals surface area contributed by atoms with Gasteiger partial charge in [-0.25, -0.2) is 9.29 Å². The second-order valence-corrected chi connectivity index (χ2v) is 7.83. The van der Waals surface area contributed by atoms with Crippen LogP contribution >= 0.6 is 11.6 Å². The molecule has 3 aromatic carbocycles. The van der Waals surface area contributed by atoms with Crippen LogP contribution < -0.4 is 20.3 Å². The predicted molar refractivity (Wildman–Crippen MR) is 128 cm³/mol. The highest BCUT2D eigenvalue weighted by Gasteiger charge is 2.39. The van der Waals surface area contributed by atoms with Gasteiger partial charge in [-0.15, -0.1) is 0 Å². The minimum atomic E-state index is -0.665. The maximum absolute atomic E-state index is 13.1. The van der Waals surface area contributed by atoms with Crippen molar-refractivity contribution in [1.29, 1.82) is 0 Å². The Kier molecular flexibility index (Phi) is 6.34. The number of halogens is 2. The number of nitrogens with one attached hydrogen (secondary N) is 2. The first-order chi connectivity index (χ1) is 16.3. The average molecular weight is 480 g/mol. The largest absolute Gasteiger partial charge is 0.497 e. The van der Waals surface area contributed by atoms with Crippen LogP contribution in [0.2, 0.25) is 0 Å². The Labute approximate surface area is 199 Å². The van der Waals surface area contributed by atoms with E-state index in [2.05, 4.69) is 10.6 Å². The summed E-state index contributed by atoms with van der Waals surface area (Å²) in [4.78, 5) is 39.4. The fourth-order valence-corrected chi connectivity index (χ4v) is 3.56. The summed E-state index contributed by atoms with van der Waals surface area (Å²) in [6.45, 7) is 1.78. The summed E-state index contributed by atoms with van der Waals surface area (Å²) in [6.07, 6.45) is 0. The monoisotopic (exact) mass is 479 g/mol. The smallest absolute Gasteiger partial charge is 0.283 e. The third kappa shape index (κ3) is 4.49. The molecule has 172 valence electrons. The maximum atomic E-state index is 13.1. The summed E-state index contributed by atoms with van der Waals surface area (Å²) in [6, 6.07) is 16.6. The lowest BCUT2D eigenvalue weighted by Gasteiger charge is -2.16. The van der Waals surface area contributed by atoms with Gasteiger partial charge in [0.2, 0.25) is 0 Å². The van der Waals surface area contributed by atoms with Crippen molar-refractivity contribution < 1.29 is 23.5 Å². The summed E-state index contributed by atoms with van der Waals surface area (Å²) >= 11 is 6.22. The van der Waals surface area contributed by atoms with E-state index in [1.807, 2.05) is 0 Å². The van der Waals surface area contributed by atoms with Gasteiger partial charge in [-0.05, 0) is 73.2 Å². The van der Waals surface area contributed by atoms with E-state index < -0.39 is 23.5 Å². The van der Waals surface area contributed by atoms with E-state index in [4.69, 9.17) is 16.3 Å². The molecule has 0 bridgehead atoms. The van der Waals surface area contributed by atoms with Gasteiger partial charge in [0.1, 0.15) is 22.3 Å². The highest BCUT2D eigenvalue weighted by Crippen LogP contribution is 2.32. The van der Waals surface area contributed by atoms with Gasteiger partial charge in [0.05, 0.1) is 12.8 Å². The van der Waals surface area contributed by atoms with Gasteiger partial charge in [-0.3, -0.25) is 14.4 Å². The fourth-order valence-electron chi connectivity index (χ4n) is 3.35. The highest BCUT2D eigenvalue weighted by molar-refractivity contribution is 6.53. The Morgan fingerprint density at radius 3 is 2.29 bits per heavy atom. The highest BCUT2D eigenvalue weighted by atomic mass is 35.5. The number of benzene rings is 3. The number of anilines is 3. The van der Waals surface area contributed by atoms with E-state index >= 15 is 0 Å². The van der Waals surface area contributed by atoms with Crippen molar-refractivity contribution in [1.82, 2.24) is 0 Å². The standard InChI is InChI=1S/C25H19ClFN3O4/c1-14-3-4-15(23(31)28-17-7-5-16(27)6-8-17)13-20(14)29-22-21(26)24(32)30(25(22)33)18-9-11-19(34-2)12-10-18/h3-13,29H,1-2H3,(H,28,31). The predicted octanol–water partition coefficient (Wildman–Crippen LogP) is 4.83. The van der Waals surface area contributed by atoms with Crippen LogP contribution in [0.1, 0.15) is 15.9 Å². The number of hydrogen-bond acceptors (Lipinski definition) is 5. The molecule has 3 amide bonds. The maximum Gasteiger partial charge on any atom is 0.283 e. The number of amides is 3. The van der Waals surface area contributed by atoms with Crippen molar-refractivity contribution in [3.63, 3.8) is 0 Å². The van der Waals surface area contributed by atoms with E-state index in [0.29, 0.717) is 22.8 Å². The fraction of sp³-hybridized carbons (Fsp3) is 0.0800. The van der Waals surface area contributed by atoms with Gasteiger partial charge < -0.3 is 15.4 Å². The number of methoxy groups -OCH3 is 1. The molecule has 1 heterocycles. The Morgan fingerprint density at radius 1 is 0.971 bits per heavy atom. The molecule has 2 N–H and O–H groups in total. The first-order valence-corrected chi connectivity index (χ1v) is 10.5. The van der Waals surface area contributed by atoms with Crippen LogP contribution in [0, 0.1) is 12.7 Å². The molecule has 1 aliphatic heterocycles. The lowest BCUT2D eigenvalue weighted by molar-refractivity contribution is -0.120. The zero-order valence-electron chi connectivity index (χ0n) is 18.2. The molecule has 0 spiro atoms. The number of nitrogens with zero attached hydrogens (tertiary/aromatic N) is 1. The van der Waals surface area contributed by atoms with Gasteiger partial charge in [0.25, 0.3) is 17.7 Å². The van der Waals surface area contributed by atoms with Gasteiger partial charge >= 0.3 is 0 Å². The SMILES string of the molecule is COc1ccc(N2C(=O)C(Cl)=C(Nc3cc(C(=O)Nc4ccc(F)cc4)ccc3C)C2=O)cc1. The molecule has 9 heteroatoms. The minimum Gasteiger partial charge on any atom is -0.497 e. The molecule has 1 aliphatic rings. The molecule has 3 aromatic rings. The van der Waals surface area contributed by atoms with Gasteiger partial charge in [-0.2, -0.15) is 0 Å². The first-order valence-electron chi connectivity index (χ1n) is 10.2. The molecule has 0 fully saturated rings. The molecular weight excluding hydrogens is 461 g/mol. The third-order valence-electron chi connectivity index (χ3n) is 5.22. The van der Waals surface area contributed by atoms with Crippen LogP contribution in [-0.2, 0) is 9.59 Å². The number of rotatable bonds is 6. The van der Waals surface area contributed by atoms with Crippen LogP contribution in [0.4, 0.5) is 21.5 Å². The molecule has 7 nitrogen and oxygen atoms in total.